The van der Waals surface area contributed by atoms with Gasteiger partial charge in [0, 0.05) is 29.1 Å². The van der Waals surface area contributed by atoms with Crippen molar-refractivity contribution in [1.82, 2.24) is 10.2 Å². The number of ether oxygens (including phenoxy) is 1. The average molecular weight is 568 g/mol. The van der Waals surface area contributed by atoms with E-state index in [0.717, 1.165) is 42.4 Å². The maximum atomic E-state index is 13.9. The van der Waals surface area contributed by atoms with Crippen LogP contribution < -0.4 is 10.1 Å². The van der Waals surface area contributed by atoms with Gasteiger partial charge in [0.05, 0.1) is 0 Å². The smallest absolute Gasteiger partial charge is 0.261 e. The normalized spacial score (nSPS) is 14.5. The topological polar surface area (TPSA) is 58.6 Å². The lowest BCUT2D eigenvalue weighted by Crippen LogP contribution is -2.53. The Bertz CT molecular complexity index is 1280. The summed E-state index contributed by atoms with van der Waals surface area (Å²) in [5, 5.41) is 4.20. The van der Waals surface area contributed by atoms with Crippen molar-refractivity contribution in [2.24, 2.45) is 0 Å². The Balaban J connectivity index is 1.64. The number of nitrogens with one attached hydrogen (secondary N) is 1. The van der Waals surface area contributed by atoms with Crippen LogP contribution in [0, 0.1) is 13.8 Å². The van der Waals surface area contributed by atoms with E-state index in [0.29, 0.717) is 27.8 Å². The summed E-state index contributed by atoms with van der Waals surface area (Å²) >= 11 is 12.7. The zero-order valence-corrected chi connectivity index (χ0v) is 24.1. The van der Waals surface area contributed by atoms with Crippen LogP contribution in [0.5, 0.6) is 5.75 Å². The van der Waals surface area contributed by atoms with Gasteiger partial charge in [-0.2, -0.15) is 0 Å². The Morgan fingerprint density at radius 3 is 2.41 bits per heavy atom. The SMILES string of the molecule is Cc1ccc(OCC(=O)N(Cc2ccc(Cl)cc2Cl)[C@@H](Cc2ccccc2)C(=O)NC2CCCCC2)c(C)c1. The van der Waals surface area contributed by atoms with Crippen molar-refractivity contribution in [1.29, 1.82) is 0 Å². The highest BCUT2D eigenvalue weighted by Crippen LogP contribution is 2.25. The molecule has 3 aromatic carbocycles. The molecule has 0 radical (unpaired) electrons. The summed E-state index contributed by atoms with van der Waals surface area (Å²) in [5.74, 6) is 0.195. The van der Waals surface area contributed by atoms with Crippen molar-refractivity contribution in [2.75, 3.05) is 6.61 Å². The lowest BCUT2D eigenvalue weighted by Gasteiger charge is -2.33. The van der Waals surface area contributed by atoms with E-state index in [1.54, 1.807) is 23.1 Å². The van der Waals surface area contributed by atoms with Gasteiger partial charge in [0.2, 0.25) is 5.91 Å². The van der Waals surface area contributed by atoms with Crippen molar-refractivity contribution < 1.29 is 14.3 Å². The quantitative estimate of drug-likeness (QED) is 0.285. The van der Waals surface area contributed by atoms with Crippen LogP contribution >= 0.6 is 23.2 Å². The molecule has 1 fully saturated rings. The predicted molar refractivity (Wildman–Crippen MR) is 157 cm³/mol. The van der Waals surface area contributed by atoms with Gasteiger partial charge in [-0.25, -0.2) is 0 Å². The molecule has 1 aliphatic carbocycles. The standard InChI is InChI=1S/C32H36Cl2N2O3/c1-22-13-16-30(23(2)17-22)39-21-31(37)36(20-25-14-15-26(33)19-28(25)34)29(18-24-9-5-3-6-10-24)32(38)35-27-11-7-4-8-12-27/h3,5-6,9-10,13-17,19,27,29H,4,7-8,11-12,18,20-21H2,1-2H3,(H,35,38)/t29-/m0/s1. The van der Waals surface area contributed by atoms with Crippen molar-refractivity contribution >= 4 is 35.0 Å². The Morgan fingerprint density at radius 2 is 1.72 bits per heavy atom. The molecule has 3 aromatic rings. The fraction of sp³-hybridized carbons (Fsp3) is 0.375. The summed E-state index contributed by atoms with van der Waals surface area (Å²) in [6.45, 7) is 3.92. The molecule has 1 N–H and O–H groups in total. The number of nitrogens with zero attached hydrogens (tertiary/aromatic N) is 1. The van der Waals surface area contributed by atoms with Crippen molar-refractivity contribution in [2.45, 2.75) is 71.0 Å². The second kappa shape index (κ2) is 13.9. The molecule has 0 saturated heterocycles. The summed E-state index contributed by atoms with van der Waals surface area (Å²) in [6, 6.07) is 20.2. The Morgan fingerprint density at radius 1 is 0.974 bits per heavy atom. The fourth-order valence-electron chi connectivity index (χ4n) is 5.12. The molecule has 0 aliphatic heterocycles. The maximum Gasteiger partial charge on any atom is 0.261 e. The third-order valence-electron chi connectivity index (χ3n) is 7.26. The van der Waals surface area contributed by atoms with Crippen LogP contribution in [0.2, 0.25) is 10.0 Å². The van der Waals surface area contributed by atoms with Gasteiger partial charge < -0.3 is 15.0 Å². The molecule has 2 amide bonds. The highest BCUT2D eigenvalue weighted by Gasteiger charge is 2.32. The molecule has 1 saturated carbocycles. The summed E-state index contributed by atoms with van der Waals surface area (Å²) in [7, 11) is 0. The summed E-state index contributed by atoms with van der Waals surface area (Å²) in [5.41, 5.74) is 3.75. The molecule has 0 heterocycles. The maximum absolute atomic E-state index is 13.9. The first-order valence-electron chi connectivity index (χ1n) is 13.6. The zero-order chi connectivity index (χ0) is 27.8. The second-order valence-corrected chi connectivity index (χ2v) is 11.2. The lowest BCUT2D eigenvalue weighted by molar-refractivity contribution is -0.143. The van der Waals surface area contributed by atoms with Gasteiger partial charge in [-0.15, -0.1) is 0 Å². The zero-order valence-electron chi connectivity index (χ0n) is 22.6. The molecule has 0 bridgehead atoms. The molecule has 5 nitrogen and oxygen atoms in total. The first kappa shape index (κ1) is 29.0. The first-order chi connectivity index (χ1) is 18.8. The summed E-state index contributed by atoms with van der Waals surface area (Å²) in [4.78, 5) is 29.3. The summed E-state index contributed by atoms with van der Waals surface area (Å²) in [6.07, 6.45) is 5.67. The number of halogens is 2. The van der Waals surface area contributed by atoms with E-state index in [2.05, 4.69) is 5.32 Å². The Kier molecular flexibility index (Phi) is 10.3. The average Bonchev–Trinajstić information content (AvgIpc) is 2.92. The van der Waals surface area contributed by atoms with Gasteiger partial charge in [0.1, 0.15) is 11.8 Å². The minimum absolute atomic E-state index is 0.118. The minimum Gasteiger partial charge on any atom is -0.483 e. The molecular weight excluding hydrogens is 531 g/mol. The van der Waals surface area contributed by atoms with E-state index in [9.17, 15) is 9.59 Å². The van der Waals surface area contributed by atoms with E-state index >= 15 is 0 Å². The van der Waals surface area contributed by atoms with Gasteiger partial charge in [0.25, 0.3) is 5.91 Å². The molecule has 39 heavy (non-hydrogen) atoms. The number of carbonyl (C=O) groups is 2. The van der Waals surface area contributed by atoms with Crippen LogP contribution in [0.4, 0.5) is 0 Å². The second-order valence-electron chi connectivity index (χ2n) is 10.4. The highest BCUT2D eigenvalue weighted by molar-refractivity contribution is 6.35. The van der Waals surface area contributed by atoms with Gasteiger partial charge in [-0.3, -0.25) is 9.59 Å². The van der Waals surface area contributed by atoms with Crippen molar-refractivity contribution in [3.8, 4) is 5.75 Å². The van der Waals surface area contributed by atoms with Gasteiger partial charge >= 0.3 is 0 Å². The third kappa shape index (κ3) is 8.23. The molecule has 0 spiro atoms. The number of benzene rings is 3. The first-order valence-corrected chi connectivity index (χ1v) is 14.3. The predicted octanol–water partition coefficient (Wildman–Crippen LogP) is 7.08. The Hall–Kier alpha value is -3.02. The van der Waals surface area contributed by atoms with E-state index in [-0.39, 0.29) is 31.0 Å². The minimum atomic E-state index is -0.740. The molecule has 0 unspecified atom stereocenters. The number of aryl methyl sites for hydroxylation is 2. The monoisotopic (exact) mass is 566 g/mol. The van der Waals surface area contributed by atoms with Crippen LogP contribution in [0.25, 0.3) is 0 Å². The molecule has 1 aliphatic rings. The lowest BCUT2D eigenvalue weighted by atomic mass is 9.94. The largest absolute Gasteiger partial charge is 0.483 e. The highest BCUT2D eigenvalue weighted by atomic mass is 35.5. The van der Waals surface area contributed by atoms with E-state index in [1.807, 2.05) is 62.4 Å². The van der Waals surface area contributed by atoms with Crippen molar-refractivity contribution in [3.05, 3.63) is 99.0 Å². The molecule has 206 valence electrons. The van der Waals surface area contributed by atoms with Crippen LogP contribution in [-0.2, 0) is 22.6 Å². The molecule has 7 heteroatoms. The van der Waals surface area contributed by atoms with Gasteiger partial charge in [0.15, 0.2) is 6.61 Å². The van der Waals surface area contributed by atoms with Crippen LogP contribution in [0.1, 0.15) is 54.4 Å². The fourth-order valence-corrected chi connectivity index (χ4v) is 5.58. The van der Waals surface area contributed by atoms with Gasteiger partial charge in [-0.1, -0.05) is 96.6 Å². The number of carbonyl (C=O) groups excluding carboxylic acids is 2. The summed E-state index contributed by atoms with van der Waals surface area (Å²) < 4.78 is 5.97. The number of amides is 2. The van der Waals surface area contributed by atoms with Crippen molar-refractivity contribution in [3.63, 3.8) is 0 Å². The number of hydrogen-bond donors (Lipinski definition) is 1. The molecular formula is C32H36Cl2N2O3. The molecule has 4 rings (SSSR count). The van der Waals surface area contributed by atoms with Crippen LogP contribution in [0.3, 0.4) is 0 Å². The van der Waals surface area contributed by atoms with E-state index < -0.39 is 6.04 Å². The third-order valence-corrected chi connectivity index (χ3v) is 7.85. The number of hydrogen-bond acceptors (Lipinski definition) is 3. The van der Waals surface area contributed by atoms with E-state index in [1.165, 1.54) is 6.42 Å². The Labute approximate surface area is 241 Å². The number of rotatable bonds is 10. The van der Waals surface area contributed by atoms with Crippen LogP contribution in [-0.4, -0.2) is 35.4 Å². The molecule has 0 aromatic heterocycles. The molecule has 1 atom stereocenters. The van der Waals surface area contributed by atoms with Crippen LogP contribution in [0.15, 0.2) is 66.7 Å². The van der Waals surface area contributed by atoms with E-state index in [4.69, 9.17) is 27.9 Å². The van der Waals surface area contributed by atoms with Gasteiger partial charge in [-0.05, 0) is 61.6 Å².